The predicted molar refractivity (Wildman–Crippen MR) is 87.3 cm³/mol. The lowest BCUT2D eigenvalue weighted by atomic mass is 9.67. The first kappa shape index (κ1) is 16.0. The summed E-state index contributed by atoms with van der Waals surface area (Å²) >= 11 is 5.19. The summed E-state index contributed by atoms with van der Waals surface area (Å²) < 4.78 is 1.07. The van der Waals surface area contributed by atoms with Crippen LogP contribution in [0.25, 0.3) is 0 Å². The van der Waals surface area contributed by atoms with E-state index >= 15 is 0 Å². The molecule has 0 saturated heterocycles. The van der Waals surface area contributed by atoms with Gasteiger partial charge >= 0.3 is 5.97 Å². The molecule has 112 valence electrons. The summed E-state index contributed by atoms with van der Waals surface area (Å²) in [4.78, 5) is 13.0. The summed E-state index contributed by atoms with van der Waals surface area (Å²) in [6.45, 7) is 2.22. The molecule has 1 heterocycles. The Morgan fingerprint density at radius 1 is 1.50 bits per heavy atom. The maximum Gasteiger partial charge on any atom is 0.309 e. The van der Waals surface area contributed by atoms with E-state index < -0.39 is 11.4 Å². The maximum atomic E-state index is 11.8. The molecular weight excluding hydrogens is 336 g/mol. The fourth-order valence-corrected chi connectivity index (χ4v) is 4.87. The van der Waals surface area contributed by atoms with Crippen LogP contribution in [0, 0.1) is 11.3 Å². The molecule has 0 aliphatic heterocycles. The lowest BCUT2D eigenvalue weighted by molar-refractivity contribution is -0.151. The Hall–Kier alpha value is -0.350. The van der Waals surface area contributed by atoms with Crippen LogP contribution in [0.3, 0.4) is 0 Å². The van der Waals surface area contributed by atoms with E-state index in [0.29, 0.717) is 6.42 Å². The van der Waals surface area contributed by atoms with Gasteiger partial charge in [-0.3, -0.25) is 4.79 Å². The van der Waals surface area contributed by atoms with Crippen LogP contribution in [0.15, 0.2) is 15.9 Å². The lowest BCUT2D eigenvalue weighted by Crippen LogP contribution is -2.37. The number of carboxylic acid groups (broad SMARTS) is 1. The fourth-order valence-electron chi connectivity index (χ4n) is 3.24. The number of rotatable bonds is 6. The Balaban J connectivity index is 2.02. The van der Waals surface area contributed by atoms with Crippen molar-refractivity contribution in [2.75, 3.05) is 0 Å². The molecule has 0 amide bonds. The molecule has 0 bridgehead atoms. The van der Waals surface area contributed by atoms with Crippen molar-refractivity contribution in [1.29, 1.82) is 0 Å². The summed E-state index contributed by atoms with van der Waals surface area (Å²) in [5.41, 5.74) is -0.532. The molecule has 20 heavy (non-hydrogen) atoms. The van der Waals surface area contributed by atoms with Gasteiger partial charge < -0.3 is 5.11 Å². The molecule has 1 N–H and O–H groups in total. The van der Waals surface area contributed by atoms with Crippen LogP contribution in [0.4, 0.5) is 0 Å². The largest absolute Gasteiger partial charge is 0.481 e. The van der Waals surface area contributed by atoms with E-state index in [1.807, 2.05) is 11.4 Å². The molecule has 1 aliphatic rings. The van der Waals surface area contributed by atoms with E-state index in [2.05, 4.69) is 22.9 Å². The molecule has 0 radical (unpaired) electrons. The van der Waals surface area contributed by atoms with Crippen molar-refractivity contribution in [3.63, 3.8) is 0 Å². The van der Waals surface area contributed by atoms with Crippen LogP contribution in [0.1, 0.15) is 56.7 Å². The molecule has 1 aromatic heterocycles. The van der Waals surface area contributed by atoms with Crippen molar-refractivity contribution in [3.8, 4) is 0 Å². The maximum absolute atomic E-state index is 11.8. The molecule has 1 saturated carbocycles. The van der Waals surface area contributed by atoms with E-state index in [0.717, 1.165) is 36.1 Å². The zero-order chi connectivity index (χ0) is 14.6. The van der Waals surface area contributed by atoms with E-state index in [9.17, 15) is 9.90 Å². The van der Waals surface area contributed by atoms with Crippen LogP contribution in [-0.4, -0.2) is 11.1 Å². The van der Waals surface area contributed by atoms with Gasteiger partial charge in [0.15, 0.2) is 0 Å². The van der Waals surface area contributed by atoms with Crippen LogP contribution < -0.4 is 0 Å². The highest BCUT2D eigenvalue weighted by Gasteiger charge is 2.42. The zero-order valence-corrected chi connectivity index (χ0v) is 14.4. The third kappa shape index (κ3) is 3.64. The highest BCUT2D eigenvalue weighted by Crippen LogP contribution is 2.44. The van der Waals surface area contributed by atoms with Crippen LogP contribution in [0.5, 0.6) is 0 Å². The summed E-state index contributed by atoms with van der Waals surface area (Å²) in [6.07, 6.45) is 8.30. The standard InChI is InChI=1S/C16H23BrO2S/c1-2-3-4-12-5-8-16(9-6-12,15(18)19)11-14-13(17)7-10-20-14/h7,10,12H,2-6,8-9,11H2,1H3,(H,18,19). The molecule has 0 atom stereocenters. The predicted octanol–water partition coefficient (Wildman–Crippen LogP) is 5.50. The SMILES string of the molecule is CCCCC1CCC(Cc2sccc2Br)(C(=O)O)CC1. The van der Waals surface area contributed by atoms with Gasteiger partial charge in [0.1, 0.15) is 0 Å². The molecule has 4 heteroatoms. The molecule has 1 aromatic rings. The van der Waals surface area contributed by atoms with E-state index in [4.69, 9.17) is 0 Å². The Kier molecular flexibility index (Phi) is 5.67. The first-order chi connectivity index (χ1) is 9.57. The minimum Gasteiger partial charge on any atom is -0.481 e. The minimum atomic E-state index is -0.605. The fraction of sp³-hybridized carbons (Fsp3) is 0.688. The van der Waals surface area contributed by atoms with Gasteiger partial charge in [-0.15, -0.1) is 11.3 Å². The smallest absolute Gasteiger partial charge is 0.309 e. The van der Waals surface area contributed by atoms with Crippen molar-refractivity contribution >= 4 is 33.2 Å². The molecule has 0 spiro atoms. The lowest BCUT2D eigenvalue weighted by Gasteiger charge is -2.37. The van der Waals surface area contributed by atoms with E-state index in [1.54, 1.807) is 11.3 Å². The molecule has 1 aliphatic carbocycles. The summed E-state index contributed by atoms with van der Waals surface area (Å²) in [5.74, 6) is 0.140. The van der Waals surface area contributed by atoms with Gasteiger partial charge in [-0.05, 0) is 65.4 Å². The van der Waals surface area contributed by atoms with Crippen molar-refractivity contribution in [2.45, 2.75) is 58.3 Å². The Morgan fingerprint density at radius 2 is 2.20 bits per heavy atom. The second kappa shape index (κ2) is 7.08. The molecule has 1 fully saturated rings. The molecular formula is C16H23BrO2S. The summed E-state index contributed by atoms with van der Waals surface area (Å²) in [6, 6.07) is 2.02. The molecule has 0 unspecified atom stereocenters. The second-order valence-electron chi connectivity index (χ2n) is 6.04. The number of unbranched alkanes of at least 4 members (excludes halogenated alkanes) is 1. The first-order valence-corrected chi connectivity index (χ1v) is 9.20. The highest BCUT2D eigenvalue weighted by atomic mass is 79.9. The van der Waals surface area contributed by atoms with Crippen molar-refractivity contribution in [3.05, 3.63) is 20.8 Å². The Bertz CT molecular complexity index is 447. The number of hydrogen-bond acceptors (Lipinski definition) is 2. The van der Waals surface area contributed by atoms with Gasteiger partial charge in [-0.25, -0.2) is 0 Å². The topological polar surface area (TPSA) is 37.3 Å². The Morgan fingerprint density at radius 3 is 2.70 bits per heavy atom. The third-order valence-corrected chi connectivity index (χ3v) is 6.60. The van der Waals surface area contributed by atoms with Gasteiger partial charge in [0.2, 0.25) is 0 Å². The van der Waals surface area contributed by atoms with Crippen LogP contribution in [0.2, 0.25) is 0 Å². The van der Waals surface area contributed by atoms with Gasteiger partial charge in [-0.1, -0.05) is 26.2 Å². The average molecular weight is 359 g/mol. The van der Waals surface area contributed by atoms with Crippen molar-refractivity contribution in [2.24, 2.45) is 11.3 Å². The number of aliphatic carboxylic acids is 1. The van der Waals surface area contributed by atoms with Crippen molar-refractivity contribution in [1.82, 2.24) is 0 Å². The Labute approximate surface area is 133 Å². The number of carbonyl (C=O) groups is 1. The number of thiophene rings is 1. The molecule has 0 aromatic carbocycles. The summed E-state index contributed by atoms with van der Waals surface area (Å²) in [7, 11) is 0. The van der Waals surface area contributed by atoms with Crippen LogP contribution in [-0.2, 0) is 11.2 Å². The molecule has 2 rings (SSSR count). The van der Waals surface area contributed by atoms with Gasteiger partial charge in [0.25, 0.3) is 0 Å². The van der Waals surface area contributed by atoms with Crippen molar-refractivity contribution < 1.29 is 9.90 Å². The third-order valence-electron chi connectivity index (χ3n) is 4.67. The number of hydrogen-bond donors (Lipinski definition) is 1. The normalized spacial score (nSPS) is 26.6. The second-order valence-corrected chi connectivity index (χ2v) is 7.89. The monoisotopic (exact) mass is 358 g/mol. The summed E-state index contributed by atoms with van der Waals surface area (Å²) in [5, 5.41) is 11.8. The average Bonchev–Trinajstić information content (AvgIpc) is 2.83. The minimum absolute atomic E-state index is 0.532. The highest BCUT2D eigenvalue weighted by molar-refractivity contribution is 9.10. The van der Waals surface area contributed by atoms with Gasteiger partial charge in [0, 0.05) is 9.35 Å². The number of carboxylic acids is 1. The first-order valence-electron chi connectivity index (χ1n) is 7.52. The number of halogens is 1. The quantitative estimate of drug-likeness (QED) is 0.728. The molecule has 2 nitrogen and oxygen atoms in total. The van der Waals surface area contributed by atoms with Gasteiger partial charge in [-0.2, -0.15) is 0 Å². The zero-order valence-electron chi connectivity index (χ0n) is 12.0. The van der Waals surface area contributed by atoms with E-state index in [-0.39, 0.29) is 0 Å². The van der Waals surface area contributed by atoms with Gasteiger partial charge in [0.05, 0.1) is 5.41 Å². The van der Waals surface area contributed by atoms with E-state index in [1.165, 1.54) is 24.1 Å². The van der Waals surface area contributed by atoms with Crippen LogP contribution >= 0.6 is 27.3 Å².